The molecule has 2 N–H and O–H groups in total. The Kier molecular flexibility index (Phi) is 4.06. The first kappa shape index (κ1) is 14.6. The summed E-state index contributed by atoms with van der Waals surface area (Å²) in [5.41, 5.74) is 6.08. The minimum Gasteiger partial charge on any atom is -0.326 e. The maximum atomic E-state index is 13.7. The van der Waals surface area contributed by atoms with Crippen LogP contribution in [0.2, 0.25) is 0 Å². The molecule has 5 heteroatoms. The first-order valence-corrected chi connectivity index (χ1v) is 7.65. The molecule has 1 saturated carbocycles. The summed E-state index contributed by atoms with van der Waals surface area (Å²) in [7, 11) is -1.53. The first-order chi connectivity index (χ1) is 8.83. The molecule has 3 unspecified atom stereocenters. The lowest BCUT2D eigenvalue weighted by atomic mass is 9.73. The largest absolute Gasteiger partial charge is 0.326 e. The van der Waals surface area contributed by atoms with Crippen LogP contribution in [0.3, 0.4) is 0 Å². The molecule has 1 aromatic carbocycles. The van der Waals surface area contributed by atoms with Crippen molar-refractivity contribution in [2.24, 2.45) is 11.1 Å². The Morgan fingerprint density at radius 3 is 2.68 bits per heavy atom. The highest BCUT2D eigenvalue weighted by molar-refractivity contribution is 7.85. The van der Waals surface area contributed by atoms with E-state index in [4.69, 9.17) is 5.73 Å². The number of halogens is 2. The molecule has 1 fully saturated rings. The molecule has 0 aromatic heterocycles. The monoisotopic (exact) mass is 287 g/mol. The number of rotatable bonds is 2. The quantitative estimate of drug-likeness (QED) is 0.908. The average molecular weight is 287 g/mol. The Balaban J connectivity index is 2.28. The molecule has 0 heterocycles. The van der Waals surface area contributed by atoms with Crippen molar-refractivity contribution in [3.8, 4) is 0 Å². The fourth-order valence-corrected chi connectivity index (χ4v) is 4.44. The summed E-state index contributed by atoms with van der Waals surface area (Å²) in [4.78, 5) is 0.0551. The summed E-state index contributed by atoms with van der Waals surface area (Å²) in [5, 5.41) is -0.274. The second kappa shape index (κ2) is 5.29. The summed E-state index contributed by atoms with van der Waals surface area (Å²) in [6.45, 7) is 4.09. The van der Waals surface area contributed by atoms with Crippen molar-refractivity contribution in [2.45, 2.75) is 49.3 Å². The van der Waals surface area contributed by atoms with Gasteiger partial charge in [0.25, 0.3) is 0 Å². The third kappa shape index (κ3) is 2.87. The molecule has 2 rings (SSSR count). The molecular weight excluding hydrogens is 268 g/mol. The van der Waals surface area contributed by atoms with E-state index in [2.05, 4.69) is 0 Å². The molecule has 3 atom stereocenters. The van der Waals surface area contributed by atoms with Crippen LogP contribution in [0.5, 0.6) is 0 Å². The minimum absolute atomic E-state index is 0.0551. The second-order valence-corrected chi connectivity index (χ2v) is 7.46. The molecule has 106 valence electrons. The standard InChI is InChI=1S/C14H19F2NOS/c1-14(2)7-3-4-12(13(14)17)19(18)11-6-5-9(15)8-10(11)16/h5-6,8,12-13H,3-4,7,17H2,1-2H3. The smallest absolute Gasteiger partial charge is 0.142 e. The summed E-state index contributed by atoms with van der Waals surface area (Å²) in [5.74, 6) is -1.42. The van der Waals surface area contributed by atoms with Gasteiger partial charge in [0.2, 0.25) is 0 Å². The van der Waals surface area contributed by atoms with Crippen molar-refractivity contribution in [1.29, 1.82) is 0 Å². The Bertz CT molecular complexity index is 504. The maximum Gasteiger partial charge on any atom is 0.142 e. The molecule has 0 radical (unpaired) electrons. The second-order valence-electron chi connectivity index (χ2n) is 5.82. The molecule has 0 spiro atoms. The van der Waals surface area contributed by atoms with E-state index in [-0.39, 0.29) is 21.6 Å². The SMILES string of the molecule is CC1(C)CCCC(S(=O)c2ccc(F)cc2F)C1N. The van der Waals surface area contributed by atoms with Crippen LogP contribution >= 0.6 is 0 Å². The summed E-state index contributed by atoms with van der Waals surface area (Å²) < 4.78 is 39.1. The molecule has 0 bridgehead atoms. The van der Waals surface area contributed by atoms with Gasteiger partial charge >= 0.3 is 0 Å². The van der Waals surface area contributed by atoms with Crippen LogP contribution in [0, 0.1) is 17.0 Å². The van der Waals surface area contributed by atoms with Gasteiger partial charge in [-0.15, -0.1) is 0 Å². The summed E-state index contributed by atoms with van der Waals surface area (Å²) in [6.07, 6.45) is 2.63. The van der Waals surface area contributed by atoms with E-state index in [0.717, 1.165) is 25.0 Å². The molecular formula is C14H19F2NOS. The Labute approximate surface area is 114 Å². The van der Waals surface area contributed by atoms with Gasteiger partial charge in [-0.2, -0.15) is 0 Å². The van der Waals surface area contributed by atoms with E-state index in [1.807, 2.05) is 13.8 Å². The van der Waals surface area contributed by atoms with Gasteiger partial charge in [-0.05, 0) is 30.4 Å². The zero-order valence-corrected chi connectivity index (χ0v) is 12.0. The fraction of sp³-hybridized carbons (Fsp3) is 0.571. The molecule has 0 amide bonds. The third-order valence-electron chi connectivity index (χ3n) is 4.00. The maximum absolute atomic E-state index is 13.7. The van der Waals surface area contributed by atoms with Crippen molar-refractivity contribution in [3.05, 3.63) is 29.8 Å². The van der Waals surface area contributed by atoms with E-state index >= 15 is 0 Å². The van der Waals surface area contributed by atoms with E-state index < -0.39 is 22.4 Å². The average Bonchev–Trinajstić information content (AvgIpc) is 2.32. The van der Waals surface area contributed by atoms with Gasteiger partial charge in [-0.1, -0.05) is 20.3 Å². The number of hydrogen-bond acceptors (Lipinski definition) is 2. The molecule has 2 nitrogen and oxygen atoms in total. The van der Waals surface area contributed by atoms with Gasteiger partial charge in [0, 0.05) is 12.1 Å². The molecule has 0 aliphatic heterocycles. The van der Waals surface area contributed by atoms with Crippen molar-refractivity contribution >= 4 is 10.8 Å². The van der Waals surface area contributed by atoms with Crippen molar-refractivity contribution in [1.82, 2.24) is 0 Å². The van der Waals surface area contributed by atoms with Gasteiger partial charge in [-0.25, -0.2) is 8.78 Å². The van der Waals surface area contributed by atoms with Gasteiger partial charge < -0.3 is 5.73 Å². The van der Waals surface area contributed by atoms with E-state index in [1.54, 1.807) is 0 Å². The topological polar surface area (TPSA) is 43.1 Å². The predicted octanol–water partition coefficient (Wildman–Crippen LogP) is 2.98. The van der Waals surface area contributed by atoms with Crippen LogP contribution in [-0.2, 0) is 10.8 Å². The van der Waals surface area contributed by atoms with Crippen LogP contribution in [0.4, 0.5) is 8.78 Å². The highest BCUT2D eigenvalue weighted by atomic mass is 32.2. The van der Waals surface area contributed by atoms with Crippen molar-refractivity contribution in [2.75, 3.05) is 0 Å². The first-order valence-electron chi connectivity index (χ1n) is 6.44. The van der Waals surface area contributed by atoms with E-state index in [1.165, 1.54) is 6.07 Å². The number of benzene rings is 1. The highest BCUT2D eigenvalue weighted by Crippen LogP contribution is 2.38. The van der Waals surface area contributed by atoms with Crippen LogP contribution in [-0.4, -0.2) is 15.5 Å². The normalized spacial score (nSPS) is 28.1. The van der Waals surface area contributed by atoms with Gasteiger partial charge in [-0.3, -0.25) is 4.21 Å². The zero-order valence-electron chi connectivity index (χ0n) is 11.2. The van der Waals surface area contributed by atoms with Gasteiger partial charge in [0.15, 0.2) is 0 Å². The lowest BCUT2D eigenvalue weighted by molar-refractivity contribution is 0.206. The number of hydrogen-bond donors (Lipinski definition) is 1. The van der Waals surface area contributed by atoms with E-state index in [0.29, 0.717) is 6.42 Å². The van der Waals surface area contributed by atoms with Crippen LogP contribution in [0.1, 0.15) is 33.1 Å². The predicted molar refractivity (Wildman–Crippen MR) is 72.2 cm³/mol. The van der Waals surface area contributed by atoms with Gasteiger partial charge in [0.05, 0.1) is 20.9 Å². The summed E-state index contributed by atoms with van der Waals surface area (Å²) >= 11 is 0. The minimum atomic E-state index is -1.53. The lowest BCUT2D eigenvalue weighted by Gasteiger charge is -2.41. The van der Waals surface area contributed by atoms with Crippen LogP contribution in [0.25, 0.3) is 0 Å². The Morgan fingerprint density at radius 2 is 2.05 bits per heavy atom. The van der Waals surface area contributed by atoms with E-state index in [9.17, 15) is 13.0 Å². The zero-order chi connectivity index (χ0) is 14.2. The Morgan fingerprint density at radius 1 is 1.37 bits per heavy atom. The molecule has 1 aromatic rings. The lowest BCUT2D eigenvalue weighted by Crippen LogP contribution is -2.51. The van der Waals surface area contributed by atoms with Crippen molar-refractivity contribution in [3.63, 3.8) is 0 Å². The molecule has 0 saturated heterocycles. The number of nitrogens with two attached hydrogens (primary N) is 1. The molecule has 1 aliphatic carbocycles. The summed E-state index contributed by atoms with van der Waals surface area (Å²) in [6, 6.07) is 2.92. The van der Waals surface area contributed by atoms with Crippen molar-refractivity contribution < 1.29 is 13.0 Å². The highest BCUT2D eigenvalue weighted by Gasteiger charge is 2.40. The van der Waals surface area contributed by atoms with Gasteiger partial charge in [0.1, 0.15) is 11.6 Å². The third-order valence-corrected chi connectivity index (χ3v) is 5.84. The molecule has 19 heavy (non-hydrogen) atoms. The van der Waals surface area contributed by atoms with Crippen LogP contribution in [0.15, 0.2) is 23.1 Å². The Hall–Kier alpha value is -0.810. The fourth-order valence-electron chi connectivity index (χ4n) is 2.65. The van der Waals surface area contributed by atoms with Crippen LogP contribution < -0.4 is 5.73 Å². The molecule has 1 aliphatic rings.